The summed E-state index contributed by atoms with van der Waals surface area (Å²) in [5.74, 6) is 1.26. The van der Waals surface area contributed by atoms with Crippen molar-refractivity contribution < 1.29 is 14.3 Å². The van der Waals surface area contributed by atoms with Crippen LogP contribution in [-0.2, 0) is 15.1 Å². The molecule has 156 valence electrons. The van der Waals surface area contributed by atoms with Crippen LogP contribution in [-0.4, -0.2) is 45.0 Å². The van der Waals surface area contributed by atoms with Crippen molar-refractivity contribution in [3.05, 3.63) is 35.9 Å². The van der Waals surface area contributed by atoms with E-state index in [1.807, 2.05) is 70.3 Å². The fourth-order valence-corrected chi connectivity index (χ4v) is 4.47. The highest BCUT2D eigenvalue weighted by molar-refractivity contribution is 5.84. The molecule has 0 spiro atoms. The molecular weight excluding hydrogens is 368 g/mol. The fourth-order valence-electron chi connectivity index (χ4n) is 4.47. The number of carbonyl (C=O) groups is 2. The fraction of sp³-hybridized carbons (Fsp3) is 0.591. The Balaban J connectivity index is 1.41. The first-order chi connectivity index (χ1) is 13.5. The lowest BCUT2D eigenvalue weighted by molar-refractivity contribution is -0.125. The Bertz CT molecular complexity index is 960. The Morgan fingerprint density at radius 2 is 1.79 bits per heavy atom. The number of ether oxygens (including phenoxy) is 1. The molecule has 1 N–H and O–H groups in total. The average Bonchev–Trinajstić information content (AvgIpc) is 2.95. The normalized spacial score (nSPS) is 23.8. The van der Waals surface area contributed by atoms with Crippen molar-refractivity contribution in [3.8, 4) is 0 Å². The Morgan fingerprint density at radius 1 is 1.14 bits per heavy atom. The zero-order chi connectivity index (χ0) is 21.1. The highest BCUT2D eigenvalue weighted by Crippen LogP contribution is 2.52. The number of rotatable bonds is 3. The highest BCUT2D eigenvalue weighted by atomic mass is 16.6. The molecule has 2 aliphatic rings. The molecule has 1 aliphatic carbocycles. The molecule has 29 heavy (non-hydrogen) atoms. The largest absolute Gasteiger partial charge is 0.444 e. The molecule has 1 saturated heterocycles. The second-order valence-corrected chi connectivity index (χ2v) is 9.83. The minimum Gasteiger partial charge on any atom is -0.444 e. The van der Waals surface area contributed by atoms with Crippen LogP contribution in [0.4, 0.5) is 4.79 Å². The predicted octanol–water partition coefficient (Wildman–Crippen LogP) is 3.11. The van der Waals surface area contributed by atoms with E-state index in [9.17, 15) is 9.59 Å². The summed E-state index contributed by atoms with van der Waals surface area (Å²) in [5.41, 5.74) is 0.882. The van der Waals surface area contributed by atoms with Crippen LogP contribution in [0.3, 0.4) is 0 Å². The number of hydrogen-bond donors (Lipinski definition) is 1. The van der Waals surface area contributed by atoms with Crippen molar-refractivity contribution in [2.45, 2.75) is 52.7 Å². The van der Waals surface area contributed by atoms with E-state index >= 15 is 0 Å². The average molecular weight is 399 g/mol. The second kappa shape index (κ2) is 6.47. The molecule has 2 fully saturated rings. The van der Waals surface area contributed by atoms with Crippen molar-refractivity contribution in [2.75, 3.05) is 13.1 Å². The van der Waals surface area contributed by atoms with Crippen molar-refractivity contribution >= 4 is 17.5 Å². The molecule has 7 heteroatoms. The summed E-state index contributed by atoms with van der Waals surface area (Å²) in [6.07, 6.45) is 1.69. The molecule has 3 atom stereocenters. The highest BCUT2D eigenvalue weighted by Gasteiger charge is 2.61. The number of amides is 2. The van der Waals surface area contributed by atoms with Crippen LogP contribution in [0.2, 0.25) is 0 Å². The maximum absolute atomic E-state index is 13.0. The van der Waals surface area contributed by atoms with E-state index in [0.717, 1.165) is 17.0 Å². The summed E-state index contributed by atoms with van der Waals surface area (Å²) < 4.78 is 7.48. The molecule has 7 nitrogen and oxygen atoms in total. The van der Waals surface area contributed by atoms with Gasteiger partial charge in [-0.15, -0.1) is 0 Å². The summed E-state index contributed by atoms with van der Waals surface area (Å²) in [5, 5.41) is 3.19. The van der Waals surface area contributed by atoms with Crippen molar-refractivity contribution in [1.82, 2.24) is 19.6 Å². The van der Waals surface area contributed by atoms with E-state index in [2.05, 4.69) is 5.32 Å². The number of carbonyl (C=O) groups excluding carboxylic acids is 2. The minimum atomic E-state index is -0.600. The second-order valence-electron chi connectivity index (χ2n) is 9.83. The number of nitrogens with one attached hydrogen (secondary N) is 1. The number of hydrogen-bond acceptors (Lipinski definition) is 4. The molecule has 2 amide bonds. The molecule has 0 aromatic carbocycles. The van der Waals surface area contributed by atoms with E-state index in [4.69, 9.17) is 9.72 Å². The Kier molecular flexibility index (Phi) is 4.40. The number of fused-ring (bicyclic) bond motifs is 2. The monoisotopic (exact) mass is 398 g/mol. The van der Waals surface area contributed by atoms with Gasteiger partial charge in [0.05, 0.1) is 16.7 Å². The number of pyridine rings is 1. The van der Waals surface area contributed by atoms with E-state index in [0.29, 0.717) is 13.1 Å². The zero-order valence-electron chi connectivity index (χ0n) is 18.0. The van der Waals surface area contributed by atoms with E-state index in [1.54, 1.807) is 4.90 Å². The maximum Gasteiger partial charge on any atom is 0.410 e. The van der Waals surface area contributed by atoms with Gasteiger partial charge >= 0.3 is 6.09 Å². The van der Waals surface area contributed by atoms with Gasteiger partial charge in [-0.25, -0.2) is 9.78 Å². The van der Waals surface area contributed by atoms with Crippen LogP contribution in [0.5, 0.6) is 0 Å². The Morgan fingerprint density at radius 3 is 2.41 bits per heavy atom. The summed E-state index contributed by atoms with van der Waals surface area (Å²) >= 11 is 0. The van der Waals surface area contributed by atoms with Gasteiger partial charge in [0.25, 0.3) is 0 Å². The third-order valence-corrected chi connectivity index (χ3v) is 5.88. The number of piperidine rings is 1. The van der Waals surface area contributed by atoms with Gasteiger partial charge in [-0.05, 0) is 65.5 Å². The standard InChI is InChI=1S/C22H30N4O3/c1-13-16-9-7-8-10-26(16)19(23-13)22(5,6)24-18(27)17-14-11-25(12-15(14)17)20(28)29-21(2,3)4/h7-10,14-15,17H,11-12H2,1-6H3,(H,24,27)/t14-,15+,17+. The van der Waals surface area contributed by atoms with Gasteiger partial charge in [-0.2, -0.15) is 0 Å². The van der Waals surface area contributed by atoms with Gasteiger partial charge in [-0.1, -0.05) is 6.07 Å². The SMILES string of the molecule is Cc1nc(C(C)(C)NC(=O)[C@H]2[C@@H]3CN(C(=O)OC(C)(C)C)C[C@@H]32)n2ccccc12. The molecule has 0 unspecified atom stereocenters. The number of imidazole rings is 1. The number of likely N-dealkylation sites (tertiary alicyclic amines) is 1. The van der Waals surface area contributed by atoms with Crippen molar-refractivity contribution in [2.24, 2.45) is 17.8 Å². The summed E-state index contributed by atoms with van der Waals surface area (Å²) in [6.45, 7) is 12.7. The molecule has 1 saturated carbocycles. The molecule has 0 radical (unpaired) electrons. The van der Waals surface area contributed by atoms with Gasteiger partial charge < -0.3 is 19.4 Å². The number of aryl methyl sites for hydroxylation is 1. The van der Waals surface area contributed by atoms with Crippen LogP contribution in [0.25, 0.3) is 5.52 Å². The van der Waals surface area contributed by atoms with Crippen LogP contribution in [0.15, 0.2) is 24.4 Å². The van der Waals surface area contributed by atoms with Crippen LogP contribution in [0, 0.1) is 24.7 Å². The lowest BCUT2D eigenvalue weighted by Crippen LogP contribution is -2.45. The predicted molar refractivity (Wildman–Crippen MR) is 109 cm³/mol. The first-order valence-electron chi connectivity index (χ1n) is 10.2. The Hall–Kier alpha value is -2.57. The maximum atomic E-state index is 13.0. The summed E-state index contributed by atoms with van der Waals surface area (Å²) in [4.78, 5) is 31.6. The smallest absolute Gasteiger partial charge is 0.410 e. The van der Waals surface area contributed by atoms with E-state index in [1.165, 1.54) is 0 Å². The van der Waals surface area contributed by atoms with Gasteiger partial charge in [0.15, 0.2) is 0 Å². The molecule has 1 aliphatic heterocycles. The third-order valence-electron chi connectivity index (χ3n) is 5.88. The molecular formula is C22H30N4O3. The Labute approximate surface area is 171 Å². The van der Waals surface area contributed by atoms with Crippen molar-refractivity contribution in [1.29, 1.82) is 0 Å². The zero-order valence-corrected chi connectivity index (χ0v) is 18.0. The quantitative estimate of drug-likeness (QED) is 0.862. The van der Waals surface area contributed by atoms with E-state index in [-0.39, 0.29) is 29.8 Å². The minimum absolute atomic E-state index is 0.0409. The first-order valence-corrected chi connectivity index (χ1v) is 10.2. The molecule has 3 heterocycles. The summed E-state index contributed by atoms with van der Waals surface area (Å²) in [7, 11) is 0. The molecule has 4 rings (SSSR count). The van der Waals surface area contributed by atoms with Crippen LogP contribution >= 0.6 is 0 Å². The molecule has 2 aromatic rings. The summed E-state index contributed by atoms with van der Waals surface area (Å²) in [6, 6.07) is 5.98. The van der Waals surface area contributed by atoms with Gasteiger partial charge in [0.2, 0.25) is 5.91 Å². The number of aromatic nitrogens is 2. The van der Waals surface area contributed by atoms with Crippen LogP contribution < -0.4 is 5.32 Å². The van der Waals surface area contributed by atoms with Gasteiger partial charge in [0.1, 0.15) is 11.4 Å². The third kappa shape index (κ3) is 3.58. The molecule has 0 bridgehead atoms. The van der Waals surface area contributed by atoms with Crippen molar-refractivity contribution in [3.63, 3.8) is 0 Å². The van der Waals surface area contributed by atoms with Crippen LogP contribution in [0.1, 0.15) is 46.1 Å². The lowest BCUT2D eigenvalue weighted by Gasteiger charge is -2.27. The van der Waals surface area contributed by atoms with E-state index < -0.39 is 11.1 Å². The topological polar surface area (TPSA) is 75.9 Å². The molecule has 2 aromatic heterocycles. The van der Waals surface area contributed by atoms with Gasteiger partial charge in [-0.3, -0.25) is 4.79 Å². The van der Waals surface area contributed by atoms with Gasteiger partial charge in [0, 0.05) is 25.2 Å². The lowest BCUT2D eigenvalue weighted by atomic mass is 10.0. The first kappa shape index (κ1) is 19.7. The number of nitrogens with zero attached hydrogens (tertiary/aromatic N) is 3.